The van der Waals surface area contributed by atoms with Crippen molar-refractivity contribution >= 4 is 30.6 Å². The summed E-state index contributed by atoms with van der Waals surface area (Å²) in [7, 11) is -3.27. The van der Waals surface area contributed by atoms with Crippen LogP contribution in [0.3, 0.4) is 0 Å². The van der Waals surface area contributed by atoms with Crippen LogP contribution in [0.1, 0.15) is 37.7 Å². The van der Waals surface area contributed by atoms with Crippen LogP contribution in [0.2, 0.25) is 10.0 Å². The maximum Gasteiger partial charge on any atom is 0.203 e. The van der Waals surface area contributed by atoms with Gasteiger partial charge in [-0.05, 0) is 36.5 Å². The molecular weight excluding hydrogens is 368 g/mol. The average molecular weight is 394 g/mol. The van der Waals surface area contributed by atoms with E-state index in [2.05, 4.69) is 5.32 Å². The van der Waals surface area contributed by atoms with Crippen LogP contribution in [0, 0.1) is 5.92 Å². The minimum Gasteiger partial charge on any atom is -0.391 e. The van der Waals surface area contributed by atoms with Crippen LogP contribution in [0.5, 0.6) is 0 Å². The molecule has 0 spiro atoms. The van der Waals surface area contributed by atoms with E-state index in [1.54, 1.807) is 12.1 Å². The molecule has 2 rings (SSSR count). The second-order valence-corrected chi connectivity index (χ2v) is 9.99. The van der Waals surface area contributed by atoms with E-state index < -0.39 is 13.5 Å². The van der Waals surface area contributed by atoms with E-state index in [9.17, 15) is 14.6 Å². The van der Waals surface area contributed by atoms with Gasteiger partial charge in [0.25, 0.3) is 0 Å². The lowest BCUT2D eigenvalue weighted by atomic mass is 9.91. The molecule has 3 N–H and O–H groups in total. The zero-order valence-corrected chi connectivity index (χ0v) is 16.2. The Morgan fingerprint density at radius 1 is 1.21 bits per heavy atom. The molecule has 1 saturated carbocycles. The van der Waals surface area contributed by atoms with Gasteiger partial charge in [-0.2, -0.15) is 0 Å². The van der Waals surface area contributed by atoms with Crippen molar-refractivity contribution < 1.29 is 14.6 Å². The molecule has 0 bridgehead atoms. The fraction of sp³-hybridized carbons (Fsp3) is 0.647. The van der Waals surface area contributed by atoms with Gasteiger partial charge in [0.2, 0.25) is 7.37 Å². The molecule has 2 unspecified atom stereocenters. The van der Waals surface area contributed by atoms with E-state index >= 15 is 0 Å². The lowest BCUT2D eigenvalue weighted by Crippen LogP contribution is -2.30. The van der Waals surface area contributed by atoms with Crippen molar-refractivity contribution in [3.05, 3.63) is 33.8 Å². The minimum atomic E-state index is -3.27. The molecule has 0 radical (unpaired) electrons. The number of aliphatic hydroxyl groups excluding tert-OH is 1. The molecule has 1 aliphatic carbocycles. The van der Waals surface area contributed by atoms with E-state index in [0.29, 0.717) is 28.7 Å². The molecule has 0 aromatic heterocycles. The van der Waals surface area contributed by atoms with Crippen molar-refractivity contribution in [2.75, 3.05) is 18.9 Å². The lowest BCUT2D eigenvalue weighted by Gasteiger charge is -2.25. The highest BCUT2D eigenvalue weighted by atomic mass is 35.5. The number of nitrogens with one attached hydrogen (secondary N) is 1. The van der Waals surface area contributed by atoms with Gasteiger partial charge in [-0.1, -0.05) is 48.5 Å². The molecule has 136 valence electrons. The van der Waals surface area contributed by atoms with Gasteiger partial charge in [-0.3, -0.25) is 4.57 Å². The van der Waals surface area contributed by atoms with E-state index in [-0.39, 0.29) is 12.7 Å². The van der Waals surface area contributed by atoms with Gasteiger partial charge >= 0.3 is 0 Å². The van der Waals surface area contributed by atoms with Crippen molar-refractivity contribution in [3.63, 3.8) is 0 Å². The third-order valence-electron chi connectivity index (χ3n) is 4.46. The molecule has 2 atom stereocenters. The fourth-order valence-electron chi connectivity index (χ4n) is 3.27. The number of hydrogen-bond donors (Lipinski definition) is 3. The molecule has 7 heteroatoms. The van der Waals surface area contributed by atoms with Gasteiger partial charge in [0.1, 0.15) is 0 Å². The molecule has 1 aromatic carbocycles. The van der Waals surface area contributed by atoms with Gasteiger partial charge in [0.05, 0.1) is 22.3 Å². The Balaban J connectivity index is 1.72. The SMILES string of the molecule is O=P(O)(CC(O)CNCc1ccc(Cl)c(Cl)c1)CC1CCCCC1. The highest BCUT2D eigenvalue weighted by Gasteiger charge is 2.27. The average Bonchev–Trinajstić information content (AvgIpc) is 2.50. The largest absolute Gasteiger partial charge is 0.391 e. The highest BCUT2D eigenvalue weighted by Crippen LogP contribution is 2.45. The first-order valence-electron chi connectivity index (χ1n) is 8.49. The van der Waals surface area contributed by atoms with Gasteiger partial charge < -0.3 is 15.3 Å². The molecule has 0 saturated heterocycles. The van der Waals surface area contributed by atoms with Crippen LogP contribution in [-0.4, -0.2) is 35.0 Å². The smallest absolute Gasteiger partial charge is 0.203 e. The predicted molar refractivity (Wildman–Crippen MR) is 100 cm³/mol. The molecule has 1 fully saturated rings. The van der Waals surface area contributed by atoms with E-state index in [1.807, 2.05) is 6.07 Å². The molecule has 1 aliphatic rings. The number of hydrogen-bond acceptors (Lipinski definition) is 3. The summed E-state index contributed by atoms with van der Waals surface area (Å²) < 4.78 is 12.3. The zero-order chi connectivity index (χ0) is 17.6. The monoisotopic (exact) mass is 393 g/mol. The summed E-state index contributed by atoms with van der Waals surface area (Å²) in [6.07, 6.45) is 5.08. The second kappa shape index (κ2) is 9.56. The fourth-order valence-corrected chi connectivity index (χ4v) is 5.70. The third kappa shape index (κ3) is 7.03. The Kier molecular flexibility index (Phi) is 8.06. The predicted octanol–water partition coefficient (Wildman–Crippen LogP) is 4.29. The van der Waals surface area contributed by atoms with Crippen molar-refractivity contribution in [1.29, 1.82) is 0 Å². The van der Waals surface area contributed by atoms with Crippen LogP contribution in [-0.2, 0) is 11.1 Å². The topological polar surface area (TPSA) is 69.6 Å². The second-order valence-electron chi connectivity index (χ2n) is 6.75. The number of rotatable bonds is 8. The van der Waals surface area contributed by atoms with E-state index in [4.69, 9.17) is 23.2 Å². The zero-order valence-electron chi connectivity index (χ0n) is 13.8. The summed E-state index contributed by atoms with van der Waals surface area (Å²) in [6.45, 7) is 0.793. The van der Waals surface area contributed by atoms with Crippen molar-refractivity contribution in [2.45, 2.75) is 44.8 Å². The Morgan fingerprint density at radius 3 is 2.58 bits per heavy atom. The van der Waals surface area contributed by atoms with Crippen LogP contribution < -0.4 is 5.32 Å². The van der Waals surface area contributed by atoms with Crippen LogP contribution in [0.4, 0.5) is 0 Å². The first-order valence-corrected chi connectivity index (χ1v) is 11.3. The van der Waals surface area contributed by atoms with Crippen LogP contribution in [0.15, 0.2) is 18.2 Å². The third-order valence-corrected chi connectivity index (χ3v) is 7.28. The minimum absolute atomic E-state index is 0.0438. The Bertz CT molecular complexity index is 579. The summed E-state index contributed by atoms with van der Waals surface area (Å²) in [5.41, 5.74) is 0.950. The molecular formula is C17H26Cl2NO3P. The number of benzene rings is 1. The maximum absolute atomic E-state index is 12.3. The first-order chi connectivity index (χ1) is 11.4. The summed E-state index contributed by atoms with van der Waals surface area (Å²) in [5, 5.41) is 14.1. The summed E-state index contributed by atoms with van der Waals surface area (Å²) >= 11 is 11.8. The Hall–Kier alpha value is -0.0900. The number of halogens is 2. The summed E-state index contributed by atoms with van der Waals surface area (Å²) in [4.78, 5) is 10.2. The van der Waals surface area contributed by atoms with Crippen LogP contribution >= 0.6 is 30.6 Å². The molecule has 0 heterocycles. The van der Waals surface area contributed by atoms with Crippen molar-refractivity contribution in [1.82, 2.24) is 5.32 Å². The molecule has 0 amide bonds. The van der Waals surface area contributed by atoms with Crippen molar-refractivity contribution in [2.24, 2.45) is 5.92 Å². The molecule has 0 aliphatic heterocycles. The van der Waals surface area contributed by atoms with E-state index in [0.717, 1.165) is 31.2 Å². The van der Waals surface area contributed by atoms with Gasteiger partial charge in [0, 0.05) is 19.3 Å². The van der Waals surface area contributed by atoms with Gasteiger partial charge in [0.15, 0.2) is 0 Å². The van der Waals surface area contributed by atoms with Gasteiger partial charge in [-0.25, -0.2) is 0 Å². The summed E-state index contributed by atoms with van der Waals surface area (Å²) in [6, 6.07) is 5.35. The first kappa shape index (κ1) is 20.2. The number of aliphatic hydroxyl groups is 1. The highest BCUT2D eigenvalue weighted by molar-refractivity contribution is 7.58. The van der Waals surface area contributed by atoms with E-state index in [1.165, 1.54) is 6.42 Å². The lowest BCUT2D eigenvalue weighted by molar-refractivity contribution is 0.189. The standard InChI is InChI=1S/C17H26Cl2NO3P/c18-16-7-6-14(8-17(16)19)9-20-10-15(21)12-24(22,23)11-13-4-2-1-3-5-13/h6-8,13,15,20-21H,1-5,9-12H2,(H,22,23). The normalized spacial score (nSPS) is 19.8. The Morgan fingerprint density at radius 2 is 1.92 bits per heavy atom. The summed E-state index contributed by atoms with van der Waals surface area (Å²) in [5.74, 6) is 0.339. The Labute approximate surface area is 154 Å². The van der Waals surface area contributed by atoms with Gasteiger partial charge in [-0.15, -0.1) is 0 Å². The van der Waals surface area contributed by atoms with Crippen LogP contribution in [0.25, 0.3) is 0 Å². The molecule has 1 aromatic rings. The van der Waals surface area contributed by atoms with Crippen molar-refractivity contribution in [3.8, 4) is 0 Å². The maximum atomic E-state index is 12.3. The quantitative estimate of drug-likeness (QED) is 0.576. The molecule has 24 heavy (non-hydrogen) atoms. The molecule has 4 nitrogen and oxygen atoms in total.